The molecule has 0 aliphatic carbocycles. The van der Waals surface area contributed by atoms with Crippen molar-refractivity contribution < 1.29 is 14.4 Å². The maximum Gasteiger partial charge on any atom is 0.250 e. The zero-order chi connectivity index (χ0) is 20.9. The van der Waals surface area contributed by atoms with Gasteiger partial charge in [-0.05, 0) is 42.1 Å². The van der Waals surface area contributed by atoms with Crippen molar-refractivity contribution in [2.24, 2.45) is 5.92 Å². The summed E-state index contributed by atoms with van der Waals surface area (Å²) in [7, 11) is 0. The Kier molecular flexibility index (Phi) is 4.60. The fourth-order valence-corrected chi connectivity index (χ4v) is 6.65. The predicted molar refractivity (Wildman–Crippen MR) is 121 cm³/mol. The van der Waals surface area contributed by atoms with Crippen LogP contribution < -0.4 is 10.5 Å². The topological polar surface area (TPSA) is 59.8 Å². The first-order valence-electron chi connectivity index (χ1n) is 10.9. The van der Waals surface area contributed by atoms with Crippen LogP contribution in [0.25, 0.3) is 20.5 Å². The van der Waals surface area contributed by atoms with Crippen LogP contribution in [0.15, 0.2) is 63.8 Å². The minimum Gasteiger partial charge on any atom is -0.458 e. The summed E-state index contributed by atoms with van der Waals surface area (Å²) in [6.07, 6.45) is 1.14. The van der Waals surface area contributed by atoms with Crippen molar-refractivity contribution in [1.82, 2.24) is 4.57 Å². The Morgan fingerprint density at radius 3 is 2.81 bits per heavy atom. The third kappa shape index (κ3) is 3.35. The van der Waals surface area contributed by atoms with Gasteiger partial charge in [0.2, 0.25) is 0 Å². The summed E-state index contributed by atoms with van der Waals surface area (Å²) < 4.78 is 9.08. The molecule has 6 rings (SSSR count). The van der Waals surface area contributed by atoms with Crippen LogP contribution in [0.1, 0.15) is 29.6 Å². The van der Waals surface area contributed by atoms with Crippen molar-refractivity contribution in [1.29, 1.82) is 0 Å². The first-order chi connectivity index (χ1) is 15.2. The van der Waals surface area contributed by atoms with Gasteiger partial charge in [0.15, 0.2) is 5.76 Å². The van der Waals surface area contributed by atoms with Crippen LogP contribution in [-0.4, -0.2) is 22.8 Å². The molecule has 2 bridgehead atoms. The lowest BCUT2D eigenvalue weighted by molar-refractivity contribution is -0.925. The Balaban J connectivity index is 1.37. The monoisotopic (exact) mass is 433 g/mol. The number of hydrogen-bond acceptors (Lipinski definition) is 4. The smallest absolute Gasteiger partial charge is 0.250 e. The summed E-state index contributed by atoms with van der Waals surface area (Å²) in [5.41, 5.74) is 2.55. The number of hydrogen-bond donors (Lipinski definition) is 2. The highest BCUT2D eigenvalue weighted by Gasteiger charge is 2.39. The number of nitrogens with zero attached hydrogens (tertiary/aromatic N) is 1. The fourth-order valence-electron chi connectivity index (χ4n) is 5.55. The van der Waals surface area contributed by atoms with Gasteiger partial charge in [0, 0.05) is 45.3 Å². The Morgan fingerprint density at radius 1 is 1.10 bits per heavy atom. The number of furan rings is 1. The average Bonchev–Trinajstić information content (AvgIpc) is 3.41. The van der Waals surface area contributed by atoms with E-state index in [4.69, 9.17) is 4.42 Å². The molecule has 2 N–H and O–H groups in total. The van der Waals surface area contributed by atoms with Gasteiger partial charge in [-0.2, -0.15) is 0 Å². The number of benzene rings is 1. The highest BCUT2D eigenvalue weighted by molar-refractivity contribution is 7.22. The zero-order valence-corrected chi connectivity index (χ0v) is 18.0. The zero-order valence-electron chi connectivity index (χ0n) is 17.2. The van der Waals surface area contributed by atoms with Crippen LogP contribution in [-0.2, 0) is 19.7 Å². The van der Waals surface area contributed by atoms with Gasteiger partial charge in [-0.25, -0.2) is 0 Å². The SMILES string of the molecule is O=c1ccc(-c2cc3ccccc3s2)c2n1C[C@H]1C[C@@H]2C[NH+](Cc2ccc(CO)o2)C1. The summed E-state index contributed by atoms with van der Waals surface area (Å²) in [4.78, 5) is 15.5. The second-order valence-electron chi connectivity index (χ2n) is 8.89. The maximum absolute atomic E-state index is 12.8. The van der Waals surface area contributed by atoms with E-state index < -0.39 is 0 Å². The first kappa shape index (κ1) is 19.0. The fraction of sp³-hybridized carbons (Fsp3) is 0.320. The molecule has 1 fully saturated rings. The summed E-state index contributed by atoms with van der Waals surface area (Å²) in [5, 5.41) is 10.5. The Morgan fingerprint density at radius 2 is 1.97 bits per heavy atom. The van der Waals surface area contributed by atoms with E-state index in [0.717, 1.165) is 38.4 Å². The number of aliphatic hydroxyl groups is 1. The molecule has 158 valence electrons. The van der Waals surface area contributed by atoms with Crippen molar-refractivity contribution in [3.8, 4) is 10.4 Å². The molecule has 5 nitrogen and oxygen atoms in total. The van der Waals surface area contributed by atoms with Crippen molar-refractivity contribution in [2.75, 3.05) is 13.1 Å². The molecule has 2 aliphatic rings. The van der Waals surface area contributed by atoms with Crippen LogP contribution in [0.2, 0.25) is 0 Å². The van der Waals surface area contributed by atoms with E-state index in [1.165, 1.54) is 31.1 Å². The molecule has 1 unspecified atom stereocenters. The number of thiophene rings is 1. The predicted octanol–water partition coefficient (Wildman–Crippen LogP) is 3.02. The molecule has 0 amide bonds. The van der Waals surface area contributed by atoms with Gasteiger partial charge in [-0.15, -0.1) is 11.3 Å². The van der Waals surface area contributed by atoms with Gasteiger partial charge in [0.1, 0.15) is 18.9 Å². The third-order valence-electron chi connectivity index (χ3n) is 6.77. The average molecular weight is 434 g/mol. The lowest BCUT2D eigenvalue weighted by atomic mass is 9.81. The molecule has 3 aromatic heterocycles. The van der Waals surface area contributed by atoms with Crippen LogP contribution in [0, 0.1) is 5.92 Å². The van der Waals surface area contributed by atoms with E-state index in [9.17, 15) is 9.90 Å². The second kappa shape index (κ2) is 7.48. The Hall–Kier alpha value is -2.67. The molecule has 3 atom stereocenters. The molecule has 4 aromatic rings. The lowest BCUT2D eigenvalue weighted by Crippen LogP contribution is -3.13. The number of quaternary nitrogens is 1. The summed E-state index contributed by atoms with van der Waals surface area (Å²) >= 11 is 1.81. The van der Waals surface area contributed by atoms with Crippen molar-refractivity contribution in [2.45, 2.75) is 32.0 Å². The first-order valence-corrected chi connectivity index (χ1v) is 11.7. The van der Waals surface area contributed by atoms with Crippen molar-refractivity contribution >= 4 is 21.4 Å². The lowest BCUT2D eigenvalue weighted by Gasteiger charge is -2.41. The molecular weight excluding hydrogens is 408 g/mol. The molecule has 0 spiro atoms. The molecule has 31 heavy (non-hydrogen) atoms. The van der Waals surface area contributed by atoms with E-state index in [2.05, 4.69) is 30.3 Å². The third-order valence-corrected chi connectivity index (χ3v) is 7.92. The number of likely N-dealkylation sites (tertiary alicyclic amines) is 1. The minimum absolute atomic E-state index is 0.0601. The summed E-state index contributed by atoms with van der Waals surface area (Å²) in [5.74, 6) is 2.41. The second-order valence-corrected chi connectivity index (χ2v) is 9.97. The number of aliphatic hydroxyl groups excluding tert-OH is 1. The number of pyridine rings is 1. The largest absolute Gasteiger partial charge is 0.458 e. The number of rotatable bonds is 4. The van der Waals surface area contributed by atoms with Gasteiger partial charge in [-0.3, -0.25) is 4.79 Å². The normalized spacial score (nSPS) is 22.5. The van der Waals surface area contributed by atoms with Crippen LogP contribution >= 0.6 is 11.3 Å². The Labute approximate surface area is 184 Å². The molecule has 2 aliphatic heterocycles. The van der Waals surface area contributed by atoms with Crippen molar-refractivity contribution in [3.63, 3.8) is 0 Å². The molecule has 0 saturated carbocycles. The van der Waals surface area contributed by atoms with Gasteiger partial charge in [-0.1, -0.05) is 18.2 Å². The van der Waals surface area contributed by atoms with Crippen LogP contribution in [0.3, 0.4) is 0 Å². The van der Waals surface area contributed by atoms with Gasteiger partial charge in [0.05, 0.1) is 13.1 Å². The van der Waals surface area contributed by atoms with Crippen molar-refractivity contribution in [3.05, 3.63) is 82.2 Å². The van der Waals surface area contributed by atoms with E-state index >= 15 is 0 Å². The van der Waals surface area contributed by atoms with Gasteiger partial charge >= 0.3 is 0 Å². The van der Waals surface area contributed by atoms with Gasteiger partial charge in [0.25, 0.3) is 5.56 Å². The number of piperidine rings is 1. The summed E-state index contributed by atoms with van der Waals surface area (Å²) in [6.45, 7) is 3.60. The number of aromatic nitrogens is 1. The molecule has 6 heteroatoms. The van der Waals surface area contributed by atoms with Crippen LogP contribution in [0.5, 0.6) is 0 Å². The van der Waals surface area contributed by atoms with E-state index in [1.807, 2.05) is 34.1 Å². The molecule has 0 radical (unpaired) electrons. The van der Waals surface area contributed by atoms with E-state index in [-0.39, 0.29) is 12.2 Å². The molecule has 5 heterocycles. The maximum atomic E-state index is 12.8. The quantitative estimate of drug-likeness (QED) is 0.520. The number of nitrogens with one attached hydrogen (secondary N) is 1. The molecule has 1 saturated heterocycles. The standard InChI is InChI=1S/C25H24N2O3S/c28-15-20-6-5-19(30-20)14-26-11-16-9-18(13-26)25-21(7-8-24(29)27(25)12-16)23-10-17-3-1-2-4-22(17)31-23/h1-8,10,16,18,28H,9,11-15H2/p+1/t16-,18+/m0/s1. The molecular formula is C25H25N2O3S+. The molecule has 1 aromatic carbocycles. The summed E-state index contributed by atoms with van der Waals surface area (Å²) in [6, 6.07) is 18.4. The number of fused-ring (bicyclic) bond motifs is 5. The minimum atomic E-state index is -0.0601. The van der Waals surface area contributed by atoms with Gasteiger partial charge < -0.3 is 19.0 Å². The van der Waals surface area contributed by atoms with E-state index in [0.29, 0.717) is 17.6 Å². The highest BCUT2D eigenvalue weighted by Crippen LogP contribution is 2.40. The highest BCUT2D eigenvalue weighted by atomic mass is 32.1. The Bertz CT molecular complexity index is 1280. The van der Waals surface area contributed by atoms with E-state index in [1.54, 1.807) is 6.07 Å². The van der Waals surface area contributed by atoms with Crippen LogP contribution in [0.4, 0.5) is 0 Å².